The maximum Gasteiger partial charge on any atom is 0.270 e. The molecular formula is C14H22Cl2N4OS2. The van der Waals surface area contributed by atoms with Gasteiger partial charge in [0.25, 0.3) is 5.91 Å². The maximum atomic E-state index is 11.9. The summed E-state index contributed by atoms with van der Waals surface area (Å²) in [4.78, 5) is 20.7. The normalized spacial score (nSPS) is 10.6. The molecule has 0 radical (unpaired) electrons. The second kappa shape index (κ2) is 9.54. The monoisotopic (exact) mass is 396 g/mol. The molecule has 0 unspecified atom stereocenters. The van der Waals surface area contributed by atoms with Crippen LogP contribution in [-0.2, 0) is 18.4 Å². The summed E-state index contributed by atoms with van der Waals surface area (Å²) in [5, 5.41) is 8.50. The van der Waals surface area contributed by atoms with Crippen molar-refractivity contribution in [2.45, 2.75) is 39.2 Å². The molecule has 0 spiro atoms. The zero-order valence-electron chi connectivity index (χ0n) is 13.3. The summed E-state index contributed by atoms with van der Waals surface area (Å²) in [6, 6.07) is 0. The van der Waals surface area contributed by atoms with Crippen molar-refractivity contribution in [2.75, 3.05) is 6.54 Å². The predicted molar refractivity (Wildman–Crippen MR) is 101 cm³/mol. The topological polar surface area (TPSA) is 80.9 Å². The van der Waals surface area contributed by atoms with E-state index in [0.29, 0.717) is 18.8 Å². The molecule has 9 heteroatoms. The minimum atomic E-state index is -0.154. The summed E-state index contributed by atoms with van der Waals surface area (Å²) < 4.78 is 0. The second-order valence-corrected chi connectivity index (χ2v) is 7.60. The second-order valence-electron chi connectivity index (χ2n) is 5.71. The van der Waals surface area contributed by atoms with Crippen LogP contribution in [0.3, 0.4) is 0 Å². The first kappa shape index (κ1) is 22.3. The number of carbonyl (C=O) groups is 1. The fraction of sp³-hybridized carbons (Fsp3) is 0.500. The zero-order valence-corrected chi connectivity index (χ0v) is 16.6. The van der Waals surface area contributed by atoms with E-state index in [1.54, 1.807) is 16.7 Å². The molecule has 2 heterocycles. The lowest BCUT2D eigenvalue weighted by atomic mass is 9.93. The third-order valence-electron chi connectivity index (χ3n) is 2.90. The Morgan fingerprint density at radius 2 is 1.83 bits per heavy atom. The molecule has 2 aromatic rings. The molecule has 0 saturated carbocycles. The number of thiazole rings is 2. The van der Waals surface area contributed by atoms with Crippen LogP contribution in [0.4, 0.5) is 0 Å². The van der Waals surface area contributed by atoms with E-state index in [1.807, 2.05) is 0 Å². The van der Waals surface area contributed by atoms with Crippen LogP contribution in [0, 0.1) is 0 Å². The van der Waals surface area contributed by atoms with E-state index in [4.69, 9.17) is 5.73 Å². The molecule has 1 amide bonds. The van der Waals surface area contributed by atoms with E-state index in [2.05, 4.69) is 41.4 Å². The summed E-state index contributed by atoms with van der Waals surface area (Å²) in [5.74, 6) is -0.154. The molecule has 0 fully saturated rings. The van der Waals surface area contributed by atoms with Gasteiger partial charge in [-0.15, -0.1) is 47.5 Å². The number of hydrogen-bond acceptors (Lipinski definition) is 6. The third-order valence-corrected chi connectivity index (χ3v) is 4.68. The highest BCUT2D eigenvalue weighted by Gasteiger charge is 2.17. The largest absolute Gasteiger partial charge is 0.350 e. The van der Waals surface area contributed by atoms with Crippen LogP contribution < -0.4 is 11.1 Å². The average molecular weight is 397 g/mol. The van der Waals surface area contributed by atoms with Gasteiger partial charge >= 0.3 is 0 Å². The van der Waals surface area contributed by atoms with E-state index in [9.17, 15) is 4.79 Å². The van der Waals surface area contributed by atoms with Crippen molar-refractivity contribution >= 4 is 53.4 Å². The van der Waals surface area contributed by atoms with Gasteiger partial charge < -0.3 is 11.1 Å². The zero-order chi connectivity index (χ0) is 15.5. The van der Waals surface area contributed by atoms with Gasteiger partial charge in [-0.1, -0.05) is 20.8 Å². The number of nitrogens with zero attached hydrogens (tertiary/aromatic N) is 2. The summed E-state index contributed by atoms with van der Waals surface area (Å²) in [7, 11) is 0. The number of nitrogens with two attached hydrogens (primary N) is 1. The molecule has 0 aromatic carbocycles. The van der Waals surface area contributed by atoms with E-state index in [0.717, 1.165) is 22.1 Å². The fourth-order valence-corrected chi connectivity index (χ4v) is 3.33. The molecule has 23 heavy (non-hydrogen) atoms. The highest BCUT2D eigenvalue weighted by molar-refractivity contribution is 7.10. The number of aromatic nitrogens is 2. The molecule has 0 atom stereocenters. The van der Waals surface area contributed by atoms with Crippen LogP contribution in [0.2, 0.25) is 0 Å². The van der Waals surface area contributed by atoms with Crippen molar-refractivity contribution in [1.82, 2.24) is 15.3 Å². The van der Waals surface area contributed by atoms with Gasteiger partial charge in [-0.25, -0.2) is 9.97 Å². The highest BCUT2D eigenvalue weighted by atomic mass is 35.5. The molecular weight excluding hydrogens is 375 g/mol. The number of halogens is 2. The Morgan fingerprint density at radius 1 is 1.17 bits per heavy atom. The van der Waals surface area contributed by atoms with Gasteiger partial charge in [0.05, 0.1) is 10.7 Å². The Hall–Kier alpha value is -0.730. The van der Waals surface area contributed by atoms with Gasteiger partial charge in [-0.2, -0.15) is 0 Å². The van der Waals surface area contributed by atoms with Gasteiger partial charge in [0.2, 0.25) is 0 Å². The number of hydrogen-bond donors (Lipinski definition) is 2. The van der Waals surface area contributed by atoms with Crippen molar-refractivity contribution in [2.24, 2.45) is 5.73 Å². The number of carbonyl (C=O) groups excluding carboxylic acids is 1. The van der Waals surface area contributed by atoms with Crippen LogP contribution in [-0.4, -0.2) is 22.4 Å². The molecule has 0 aliphatic rings. The van der Waals surface area contributed by atoms with E-state index >= 15 is 0 Å². The molecule has 2 aromatic heterocycles. The molecule has 0 saturated heterocycles. The Bertz CT molecular complexity index is 622. The lowest BCUT2D eigenvalue weighted by Gasteiger charge is -2.14. The number of amides is 1. The van der Waals surface area contributed by atoms with Crippen LogP contribution in [0.5, 0.6) is 0 Å². The summed E-state index contributed by atoms with van der Waals surface area (Å²) in [6.07, 6.45) is 0.736. The lowest BCUT2D eigenvalue weighted by molar-refractivity contribution is 0.0949. The Morgan fingerprint density at radius 3 is 2.35 bits per heavy atom. The fourth-order valence-electron chi connectivity index (χ4n) is 1.65. The Labute approximate surface area is 156 Å². The molecule has 2 rings (SSSR count). The first-order chi connectivity index (χ1) is 9.90. The van der Waals surface area contributed by atoms with Gasteiger partial charge in [-0.05, 0) is 0 Å². The summed E-state index contributed by atoms with van der Waals surface area (Å²) in [6.45, 7) is 7.36. The van der Waals surface area contributed by atoms with E-state index < -0.39 is 0 Å². The number of nitrogens with one attached hydrogen (secondary N) is 1. The summed E-state index contributed by atoms with van der Waals surface area (Å²) in [5.41, 5.74) is 7.09. The maximum absolute atomic E-state index is 11.9. The minimum Gasteiger partial charge on any atom is -0.350 e. The van der Waals surface area contributed by atoms with Gasteiger partial charge in [0.1, 0.15) is 10.7 Å². The van der Waals surface area contributed by atoms with Crippen molar-refractivity contribution in [3.63, 3.8) is 0 Å². The predicted octanol–water partition coefficient (Wildman–Crippen LogP) is 3.17. The molecule has 5 nitrogen and oxygen atoms in total. The first-order valence-corrected chi connectivity index (χ1v) is 8.53. The third kappa shape index (κ3) is 6.35. The molecule has 0 aliphatic heterocycles. The van der Waals surface area contributed by atoms with Gasteiger partial charge in [0, 0.05) is 35.7 Å². The van der Waals surface area contributed by atoms with Crippen LogP contribution in [0.1, 0.15) is 47.0 Å². The quantitative estimate of drug-likeness (QED) is 0.812. The molecule has 130 valence electrons. The minimum absolute atomic E-state index is 0. The van der Waals surface area contributed by atoms with Crippen LogP contribution in [0.15, 0.2) is 10.8 Å². The highest BCUT2D eigenvalue weighted by Crippen LogP contribution is 2.23. The smallest absolute Gasteiger partial charge is 0.270 e. The Balaban J connectivity index is 0.00000242. The average Bonchev–Trinajstić information content (AvgIpc) is 3.06. The van der Waals surface area contributed by atoms with Crippen LogP contribution in [0.25, 0.3) is 0 Å². The number of rotatable bonds is 5. The van der Waals surface area contributed by atoms with Crippen molar-refractivity contribution in [3.8, 4) is 0 Å². The summed E-state index contributed by atoms with van der Waals surface area (Å²) >= 11 is 3.05. The van der Waals surface area contributed by atoms with Gasteiger partial charge in [0.15, 0.2) is 0 Å². The van der Waals surface area contributed by atoms with Crippen molar-refractivity contribution < 1.29 is 4.79 Å². The standard InChI is InChI=1S/C14H20N4OS2.2ClH/c1-14(2,3)10-8-21-11(18-10)4-5-16-13(19)9-7-20-12(6-15)17-9;;/h7-8H,4-6,15H2,1-3H3,(H,16,19);2*1H. The first-order valence-electron chi connectivity index (χ1n) is 6.77. The van der Waals surface area contributed by atoms with Crippen molar-refractivity contribution in [1.29, 1.82) is 0 Å². The Kier molecular flexibility index (Phi) is 9.24. The molecule has 0 bridgehead atoms. The lowest BCUT2D eigenvalue weighted by Crippen LogP contribution is -2.26. The van der Waals surface area contributed by atoms with E-state index in [-0.39, 0.29) is 36.1 Å². The van der Waals surface area contributed by atoms with Gasteiger partial charge in [-0.3, -0.25) is 4.79 Å². The molecule has 3 N–H and O–H groups in total. The van der Waals surface area contributed by atoms with Crippen molar-refractivity contribution in [3.05, 3.63) is 32.2 Å². The molecule has 0 aliphatic carbocycles. The SMILES string of the molecule is CC(C)(C)c1csc(CCNC(=O)c2csc(CN)n2)n1.Cl.Cl. The van der Waals surface area contributed by atoms with Crippen LogP contribution >= 0.6 is 47.5 Å². The van der Waals surface area contributed by atoms with E-state index in [1.165, 1.54) is 11.3 Å².